The summed E-state index contributed by atoms with van der Waals surface area (Å²) in [5, 5.41) is 3.91. The van der Waals surface area contributed by atoms with Crippen LogP contribution < -0.4 is 11.1 Å². The number of nitrogens with two attached hydrogens (primary N) is 1. The number of aromatic nitrogens is 5. The number of imidazole rings is 1. The van der Waals surface area contributed by atoms with Gasteiger partial charge in [-0.15, -0.1) is 0 Å². The summed E-state index contributed by atoms with van der Waals surface area (Å²) >= 11 is 1.54. The molecule has 2 heterocycles. The van der Waals surface area contributed by atoms with Gasteiger partial charge >= 0.3 is 0 Å². The molecule has 130 valence electrons. The standard InChI is InChI=1S/C16H18FN7S/c1-2-8-24-9-7-19-16(24)25-10-13-21-14(18)23-15(22-13)20-12-5-3-11(17)4-6-12/h3-7,9H,2,8,10H2,1H3,(H3,18,20,21,22,23). The molecule has 0 fully saturated rings. The molecule has 0 unspecified atom stereocenters. The second-order valence-corrected chi connectivity index (χ2v) is 6.20. The number of benzene rings is 1. The Morgan fingerprint density at radius 1 is 1.20 bits per heavy atom. The van der Waals surface area contributed by atoms with Crippen LogP contribution in [0.4, 0.5) is 22.0 Å². The van der Waals surface area contributed by atoms with Crippen LogP contribution in [0.2, 0.25) is 0 Å². The number of nitrogens with zero attached hydrogens (tertiary/aromatic N) is 5. The maximum absolute atomic E-state index is 13.0. The highest BCUT2D eigenvalue weighted by Crippen LogP contribution is 2.21. The first-order valence-corrected chi connectivity index (χ1v) is 8.79. The molecule has 0 amide bonds. The van der Waals surface area contributed by atoms with Crippen molar-refractivity contribution >= 4 is 29.3 Å². The predicted molar refractivity (Wildman–Crippen MR) is 96.0 cm³/mol. The fourth-order valence-corrected chi connectivity index (χ4v) is 3.04. The van der Waals surface area contributed by atoms with Gasteiger partial charge in [-0.3, -0.25) is 0 Å². The third-order valence-electron chi connectivity index (χ3n) is 3.27. The van der Waals surface area contributed by atoms with Gasteiger partial charge in [0.1, 0.15) is 11.6 Å². The lowest BCUT2D eigenvalue weighted by Crippen LogP contribution is -2.07. The Morgan fingerprint density at radius 3 is 2.76 bits per heavy atom. The van der Waals surface area contributed by atoms with E-state index in [0.29, 0.717) is 23.2 Å². The number of hydrogen-bond donors (Lipinski definition) is 2. The van der Waals surface area contributed by atoms with Crippen molar-refractivity contribution < 1.29 is 4.39 Å². The number of thioether (sulfide) groups is 1. The van der Waals surface area contributed by atoms with Gasteiger partial charge in [0, 0.05) is 24.6 Å². The predicted octanol–water partition coefficient (Wildman–Crippen LogP) is 3.24. The summed E-state index contributed by atoms with van der Waals surface area (Å²) < 4.78 is 15.1. The number of hydrogen-bond acceptors (Lipinski definition) is 7. The van der Waals surface area contributed by atoms with Crippen LogP contribution >= 0.6 is 11.8 Å². The zero-order chi connectivity index (χ0) is 17.6. The summed E-state index contributed by atoms with van der Waals surface area (Å²) in [5.41, 5.74) is 6.44. The minimum atomic E-state index is -0.305. The van der Waals surface area contributed by atoms with Gasteiger partial charge < -0.3 is 15.6 Å². The molecule has 0 bridgehead atoms. The topological polar surface area (TPSA) is 94.5 Å². The molecular formula is C16H18FN7S. The first-order valence-electron chi connectivity index (χ1n) is 7.81. The number of rotatable bonds is 7. The fraction of sp³-hybridized carbons (Fsp3) is 0.250. The number of nitrogens with one attached hydrogen (secondary N) is 1. The monoisotopic (exact) mass is 359 g/mol. The van der Waals surface area contributed by atoms with Gasteiger partial charge in [0.05, 0.1) is 5.75 Å². The lowest BCUT2D eigenvalue weighted by molar-refractivity contribution is 0.620. The molecular weight excluding hydrogens is 341 g/mol. The van der Waals surface area contributed by atoms with Crippen molar-refractivity contribution in [2.45, 2.75) is 30.8 Å². The van der Waals surface area contributed by atoms with E-state index in [1.165, 1.54) is 23.9 Å². The van der Waals surface area contributed by atoms with Gasteiger partial charge in [-0.05, 0) is 30.7 Å². The molecule has 0 atom stereocenters. The second-order valence-electron chi connectivity index (χ2n) is 5.26. The van der Waals surface area contributed by atoms with Crippen LogP contribution in [0.3, 0.4) is 0 Å². The van der Waals surface area contributed by atoms with E-state index in [4.69, 9.17) is 5.73 Å². The van der Waals surface area contributed by atoms with E-state index in [0.717, 1.165) is 18.1 Å². The van der Waals surface area contributed by atoms with Gasteiger partial charge in [0.15, 0.2) is 5.16 Å². The SMILES string of the molecule is CCCn1ccnc1SCc1nc(N)nc(Nc2ccc(F)cc2)n1. The molecule has 0 saturated heterocycles. The summed E-state index contributed by atoms with van der Waals surface area (Å²) in [4.78, 5) is 16.9. The van der Waals surface area contributed by atoms with Crippen LogP contribution in [0.1, 0.15) is 19.2 Å². The van der Waals surface area contributed by atoms with E-state index in [1.54, 1.807) is 18.3 Å². The van der Waals surface area contributed by atoms with Gasteiger partial charge in [-0.1, -0.05) is 18.7 Å². The van der Waals surface area contributed by atoms with E-state index < -0.39 is 0 Å². The van der Waals surface area contributed by atoms with Gasteiger partial charge in [0.2, 0.25) is 11.9 Å². The van der Waals surface area contributed by atoms with Crippen molar-refractivity contribution in [3.8, 4) is 0 Å². The van der Waals surface area contributed by atoms with Crippen molar-refractivity contribution in [2.24, 2.45) is 0 Å². The average molecular weight is 359 g/mol. The van der Waals surface area contributed by atoms with Gasteiger partial charge in [0.25, 0.3) is 0 Å². The number of nitrogen functional groups attached to an aromatic ring is 1. The number of halogens is 1. The van der Waals surface area contributed by atoms with Gasteiger partial charge in [-0.25, -0.2) is 9.37 Å². The minimum absolute atomic E-state index is 0.132. The molecule has 9 heteroatoms. The highest BCUT2D eigenvalue weighted by Gasteiger charge is 2.09. The zero-order valence-electron chi connectivity index (χ0n) is 13.7. The lowest BCUT2D eigenvalue weighted by atomic mass is 10.3. The van der Waals surface area contributed by atoms with Crippen molar-refractivity contribution in [2.75, 3.05) is 11.1 Å². The molecule has 3 aromatic rings. The molecule has 1 aromatic carbocycles. The summed E-state index contributed by atoms with van der Waals surface area (Å²) in [7, 11) is 0. The molecule has 0 radical (unpaired) electrons. The van der Waals surface area contributed by atoms with Gasteiger partial charge in [-0.2, -0.15) is 15.0 Å². The number of anilines is 3. The maximum atomic E-state index is 13.0. The summed E-state index contributed by atoms with van der Waals surface area (Å²) in [6.07, 6.45) is 4.77. The van der Waals surface area contributed by atoms with E-state index in [9.17, 15) is 4.39 Å². The molecule has 2 aromatic heterocycles. The van der Waals surface area contributed by atoms with Crippen molar-refractivity contribution in [3.63, 3.8) is 0 Å². The van der Waals surface area contributed by atoms with E-state index in [1.807, 2.05) is 6.20 Å². The zero-order valence-corrected chi connectivity index (χ0v) is 14.5. The molecule has 3 N–H and O–H groups in total. The molecule has 0 saturated carbocycles. The van der Waals surface area contributed by atoms with Crippen LogP contribution in [-0.4, -0.2) is 24.5 Å². The van der Waals surface area contributed by atoms with E-state index in [2.05, 4.69) is 36.7 Å². The Balaban J connectivity index is 1.70. The largest absolute Gasteiger partial charge is 0.368 e. The van der Waals surface area contributed by atoms with Crippen LogP contribution in [0, 0.1) is 5.82 Å². The van der Waals surface area contributed by atoms with Crippen LogP contribution in [0.25, 0.3) is 0 Å². The van der Waals surface area contributed by atoms with Crippen molar-refractivity contribution in [3.05, 3.63) is 48.3 Å². The first-order chi connectivity index (χ1) is 12.1. The molecule has 0 spiro atoms. The Morgan fingerprint density at radius 2 is 2.00 bits per heavy atom. The third-order valence-corrected chi connectivity index (χ3v) is 4.27. The summed E-state index contributed by atoms with van der Waals surface area (Å²) in [6.45, 7) is 3.04. The number of aryl methyl sites for hydroxylation is 1. The molecule has 25 heavy (non-hydrogen) atoms. The van der Waals surface area contributed by atoms with E-state index >= 15 is 0 Å². The summed E-state index contributed by atoms with van der Waals surface area (Å²) in [6, 6.07) is 5.92. The lowest BCUT2D eigenvalue weighted by Gasteiger charge is -2.08. The fourth-order valence-electron chi connectivity index (χ4n) is 2.20. The highest BCUT2D eigenvalue weighted by atomic mass is 32.2. The molecule has 0 aliphatic heterocycles. The molecule has 0 aliphatic rings. The first kappa shape index (κ1) is 17.2. The Hall–Kier alpha value is -2.68. The van der Waals surface area contributed by atoms with Crippen molar-refractivity contribution in [1.82, 2.24) is 24.5 Å². The second kappa shape index (κ2) is 7.93. The van der Waals surface area contributed by atoms with Crippen LogP contribution in [0.15, 0.2) is 41.8 Å². The molecule has 0 aliphatic carbocycles. The maximum Gasteiger partial charge on any atom is 0.232 e. The highest BCUT2D eigenvalue weighted by molar-refractivity contribution is 7.98. The van der Waals surface area contributed by atoms with E-state index in [-0.39, 0.29) is 11.8 Å². The average Bonchev–Trinajstić information content (AvgIpc) is 3.02. The molecule has 3 rings (SSSR count). The third kappa shape index (κ3) is 4.66. The Kier molecular flexibility index (Phi) is 5.44. The quantitative estimate of drug-likeness (QED) is 0.625. The van der Waals surface area contributed by atoms with Crippen LogP contribution in [-0.2, 0) is 12.3 Å². The van der Waals surface area contributed by atoms with Crippen LogP contribution in [0.5, 0.6) is 0 Å². The Bertz CT molecular complexity index is 835. The van der Waals surface area contributed by atoms with Crippen molar-refractivity contribution in [1.29, 1.82) is 0 Å². The Labute approximate surface area is 148 Å². The molecule has 7 nitrogen and oxygen atoms in total. The summed E-state index contributed by atoms with van der Waals surface area (Å²) in [5.74, 6) is 1.22. The normalized spacial score (nSPS) is 10.8. The minimum Gasteiger partial charge on any atom is -0.368 e. The smallest absolute Gasteiger partial charge is 0.232 e.